The van der Waals surface area contributed by atoms with Crippen molar-refractivity contribution >= 4 is 23.4 Å². The second-order valence-corrected chi connectivity index (χ2v) is 7.75. The second-order valence-electron chi connectivity index (χ2n) is 6.69. The largest absolute Gasteiger partial charge is 0.484 e. The van der Waals surface area contributed by atoms with Crippen LogP contribution in [0.5, 0.6) is 5.75 Å². The maximum absolute atomic E-state index is 12.3. The van der Waals surface area contributed by atoms with Crippen molar-refractivity contribution in [2.75, 3.05) is 17.7 Å². The molecule has 0 atom stereocenters. The summed E-state index contributed by atoms with van der Waals surface area (Å²) in [6.45, 7) is 4.99. The van der Waals surface area contributed by atoms with Crippen molar-refractivity contribution in [1.29, 1.82) is 0 Å². The summed E-state index contributed by atoms with van der Waals surface area (Å²) in [7, 11) is 0. The van der Waals surface area contributed by atoms with Crippen molar-refractivity contribution in [1.82, 2.24) is 9.55 Å². The third-order valence-electron chi connectivity index (χ3n) is 4.31. The molecule has 0 radical (unpaired) electrons. The molecule has 1 N–H and O–H groups in total. The number of carbonyl (C=O) groups excluding carboxylic acids is 1. The lowest BCUT2D eigenvalue weighted by Crippen LogP contribution is -2.20. The van der Waals surface area contributed by atoms with Gasteiger partial charge in [-0.2, -0.15) is 0 Å². The van der Waals surface area contributed by atoms with Crippen molar-refractivity contribution < 1.29 is 9.53 Å². The SMILES string of the molecule is Cc1cc(C)cc(OCC(=O)Nc2cccc(-c3cn4c(n3)SCC4)c2)c1. The molecule has 1 aromatic heterocycles. The van der Waals surface area contributed by atoms with E-state index in [9.17, 15) is 4.79 Å². The average Bonchev–Trinajstić information content (AvgIpc) is 3.21. The van der Waals surface area contributed by atoms with E-state index in [-0.39, 0.29) is 12.5 Å². The van der Waals surface area contributed by atoms with E-state index in [4.69, 9.17) is 4.74 Å². The summed E-state index contributed by atoms with van der Waals surface area (Å²) < 4.78 is 7.80. The summed E-state index contributed by atoms with van der Waals surface area (Å²) in [5.41, 5.74) is 4.89. The van der Waals surface area contributed by atoms with Crippen LogP contribution < -0.4 is 10.1 Å². The number of aromatic nitrogens is 2. The van der Waals surface area contributed by atoms with Crippen molar-refractivity contribution in [3.8, 4) is 17.0 Å². The van der Waals surface area contributed by atoms with Crippen molar-refractivity contribution in [2.45, 2.75) is 25.5 Å². The van der Waals surface area contributed by atoms with Crippen molar-refractivity contribution in [3.63, 3.8) is 0 Å². The zero-order valence-electron chi connectivity index (χ0n) is 15.4. The molecule has 6 heteroatoms. The molecule has 5 nitrogen and oxygen atoms in total. The lowest BCUT2D eigenvalue weighted by Gasteiger charge is -2.09. The first-order valence-corrected chi connectivity index (χ1v) is 9.87. The first kappa shape index (κ1) is 17.7. The number of aryl methyl sites for hydroxylation is 3. The molecule has 138 valence electrons. The number of nitrogens with one attached hydrogen (secondary N) is 1. The van der Waals surface area contributed by atoms with Crippen LogP contribution in [0.15, 0.2) is 53.8 Å². The summed E-state index contributed by atoms with van der Waals surface area (Å²) in [5.74, 6) is 1.61. The number of fused-ring (bicyclic) bond motifs is 1. The van der Waals surface area contributed by atoms with Crippen LogP contribution in [0.25, 0.3) is 11.3 Å². The van der Waals surface area contributed by atoms with Gasteiger partial charge in [0.1, 0.15) is 5.75 Å². The number of anilines is 1. The minimum Gasteiger partial charge on any atom is -0.484 e. The minimum absolute atomic E-state index is 0.0253. The van der Waals surface area contributed by atoms with E-state index >= 15 is 0 Å². The van der Waals surface area contributed by atoms with E-state index in [1.807, 2.05) is 50.2 Å². The van der Waals surface area contributed by atoms with E-state index in [2.05, 4.69) is 27.1 Å². The van der Waals surface area contributed by atoms with E-state index in [0.717, 1.165) is 45.5 Å². The molecular weight excluding hydrogens is 358 g/mol. The number of carbonyl (C=O) groups is 1. The molecule has 0 saturated carbocycles. The third-order valence-corrected chi connectivity index (χ3v) is 5.28. The Morgan fingerprint density at radius 1 is 1.22 bits per heavy atom. The van der Waals surface area contributed by atoms with Gasteiger partial charge in [0.2, 0.25) is 0 Å². The number of imidazole rings is 1. The highest BCUT2D eigenvalue weighted by Crippen LogP contribution is 2.29. The van der Waals surface area contributed by atoms with Gasteiger partial charge in [-0.25, -0.2) is 4.98 Å². The van der Waals surface area contributed by atoms with Crippen LogP contribution >= 0.6 is 11.8 Å². The summed E-state index contributed by atoms with van der Waals surface area (Å²) in [5, 5.41) is 3.95. The summed E-state index contributed by atoms with van der Waals surface area (Å²) in [6, 6.07) is 13.7. The molecule has 2 aromatic carbocycles. The minimum atomic E-state index is -0.186. The number of thioether (sulfide) groups is 1. The highest BCUT2D eigenvalue weighted by atomic mass is 32.2. The molecule has 3 aromatic rings. The number of rotatable bonds is 5. The fraction of sp³-hybridized carbons (Fsp3) is 0.238. The number of amides is 1. The highest BCUT2D eigenvalue weighted by molar-refractivity contribution is 7.99. The Balaban J connectivity index is 1.40. The quantitative estimate of drug-likeness (QED) is 0.718. The molecule has 27 heavy (non-hydrogen) atoms. The Kier molecular flexibility index (Phi) is 4.90. The predicted molar refractivity (Wildman–Crippen MR) is 108 cm³/mol. The van der Waals surface area contributed by atoms with Crippen LogP contribution in [0, 0.1) is 13.8 Å². The van der Waals surface area contributed by atoms with Crippen LogP contribution in [-0.4, -0.2) is 27.8 Å². The van der Waals surface area contributed by atoms with Gasteiger partial charge in [-0.15, -0.1) is 0 Å². The first-order valence-electron chi connectivity index (χ1n) is 8.88. The number of hydrogen-bond acceptors (Lipinski definition) is 4. The van der Waals surface area contributed by atoms with Gasteiger partial charge in [0, 0.05) is 29.7 Å². The van der Waals surface area contributed by atoms with Gasteiger partial charge < -0.3 is 14.6 Å². The Morgan fingerprint density at radius 3 is 2.81 bits per heavy atom. The van der Waals surface area contributed by atoms with Crippen LogP contribution in [-0.2, 0) is 11.3 Å². The normalized spacial score (nSPS) is 12.7. The van der Waals surface area contributed by atoms with E-state index in [0.29, 0.717) is 5.75 Å². The molecule has 1 aliphatic rings. The molecular formula is C21H21N3O2S. The van der Waals surface area contributed by atoms with Gasteiger partial charge in [-0.1, -0.05) is 30.0 Å². The van der Waals surface area contributed by atoms with Crippen molar-refractivity contribution in [2.24, 2.45) is 0 Å². The van der Waals surface area contributed by atoms with Gasteiger partial charge in [0.05, 0.1) is 5.69 Å². The number of nitrogens with zero attached hydrogens (tertiary/aromatic N) is 2. The maximum atomic E-state index is 12.3. The maximum Gasteiger partial charge on any atom is 0.262 e. The van der Waals surface area contributed by atoms with Gasteiger partial charge >= 0.3 is 0 Å². The second kappa shape index (κ2) is 7.48. The van der Waals surface area contributed by atoms with E-state index in [1.54, 1.807) is 11.8 Å². The molecule has 1 amide bonds. The molecule has 0 spiro atoms. The van der Waals surface area contributed by atoms with E-state index in [1.165, 1.54) is 0 Å². The van der Waals surface area contributed by atoms with Crippen LogP contribution in [0.2, 0.25) is 0 Å². The molecule has 0 bridgehead atoms. The lowest BCUT2D eigenvalue weighted by molar-refractivity contribution is -0.118. The molecule has 4 rings (SSSR count). The summed E-state index contributed by atoms with van der Waals surface area (Å²) in [6.07, 6.45) is 2.07. The predicted octanol–water partition coefficient (Wildman–Crippen LogP) is 4.29. The lowest BCUT2D eigenvalue weighted by atomic mass is 10.1. The van der Waals surface area contributed by atoms with Crippen LogP contribution in [0.1, 0.15) is 11.1 Å². The number of ether oxygens (including phenoxy) is 1. The highest BCUT2D eigenvalue weighted by Gasteiger charge is 2.15. The number of hydrogen-bond donors (Lipinski definition) is 1. The zero-order valence-corrected chi connectivity index (χ0v) is 16.2. The van der Waals surface area contributed by atoms with Gasteiger partial charge in [0.15, 0.2) is 11.8 Å². The zero-order chi connectivity index (χ0) is 18.8. The molecule has 0 saturated heterocycles. The Hall–Kier alpha value is -2.73. The van der Waals surface area contributed by atoms with Crippen LogP contribution in [0.3, 0.4) is 0 Å². The average molecular weight is 379 g/mol. The van der Waals surface area contributed by atoms with Gasteiger partial charge in [0.25, 0.3) is 5.91 Å². The fourth-order valence-corrected chi connectivity index (χ4v) is 4.11. The monoisotopic (exact) mass is 379 g/mol. The topological polar surface area (TPSA) is 56.1 Å². The van der Waals surface area contributed by atoms with Gasteiger partial charge in [-0.3, -0.25) is 4.79 Å². The molecule has 0 fully saturated rings. The van der Waals surface area contributed by atoms with Crippen LogP contribution in [0.4, 0.5) is 5.69 Å². The van der Waals surface area contributed by atoms with E-state index < -0.39 is 0 Å². The Morgan fingerprint density at radius 2 is 2.04 bits per heavy atom. The molecule has 1 aliphatic heterocycles. The third kappa shape index (κ3) is 4.17. The standard InChI is InChI=1S/C21H21N3O2S/c1-14-8-15(2)10-18(9-14)26-13-20(25)22-17-5-3-4-16(11-17)19-12-24-6-7-27-21(24)23-19/h3-5,8-12H,6-7,13H2,1-2H3,(H,22,25). The summed E-state index contributed by atoms with van der Waals surface area (Å²) in [4.78, 5) is 16.9. The smallest absolute Gasteiger partial charge is 0.262 e. The Bertz CT molecular complexity index is 955. The Labute approximate surface area is 162 Å². The fourth-order valence-electron chi connectivity index (χ4n) is 3.17. The molecule has 0 aliphatic carbocycles. The number of benzene rings is 2. The first-order chi connectivity index (χ1) is 13.1. The van der Waals surface area contributed by atoms with Crippen molar-refractivity contribution in [3.05, 3.63) is 59.8 Å². The molecule has 2 heterocycles. The molecule has 0 unspecified atom stereocenters. The van der Waals surface area contributed by atoms with Gasteiger partial charge in [-0.05, 0) is 49.2 Å². The summed E-state index contributed by atoms with van der Waals surface area (Å²) >= 11 is 1.77.